The minimum atomic E-state index is -0.264. The maximum Gasteiger partial charge on any atom is 0.323 e. The van der Waals surface area contributed by atoms with Gasteiger partial charge in [-0.3, -0.25) is 9.59 Å². The van der Waals surface area contributed by atoms with Gasteiger partial charge in [-0.25, -0.2) is 4.79 Å². The largest absolute Gasteiger partial charge is 0.484 e. The molecule has 1 aliphatic rings. The molecule has 30 heavy (non-hydrogen) atoms. The summed E-state index contributed by atoms with van der Waals surface area (Å²) in [6.07, 6.45) is 0. The first-order valence-electron chi connectivity index (χ1n) is 9.66. The van der Waals surface area contributed by atoms with Crippen LogP contribution in [0.25, 0.3) is 11.0 Å². The lowest BCUT2D eigenvalue weighted by Gasteiger charge is -2.26. The highest BCUT2D eigenvalue weighted by Crippen LogP contribution is 2.14. The third kappa shape index (κ3) is 4.69. The Morgan fingerprint density at radius 3 is 2.53 bits per heavy atom. The third-order valence-electron chi connectivity index (χ3n) is 4.88. The predicted molar refractivity (Wildman–Crippen MR) is 109 cm³/mol. The zero-order valence-electron chi connectivity index (χ0n) is 16.3. The van der Waals surface area contributed by atoms with E-state index in [2.05, 4.69) is 15.3 Å². The minimum Gasteiger partial charge on any atom is -0.484 e. The number of aromatic nitrogens is 2. The highest BCUT2D eigenvalue weighted by Gasteiger charge is 2.17. The Morgan fingerprint density at radius 1 is 1.03 bits per heavy atom. The number of fused-ring (bicyclic) bond motifs is 1. The highest BCUT2D eigenvalue weighted by atomic mass is 16.5. The molecule has 4 rings (SSSR count). The molecule has 0 radical (unpaired) electrons. The van der Waals surface area contributed by atoms with Crippen molar-refractivity contribution in [3.05, 3.63) is 64.1 Å². The van der Waals surface area contributed by atoms with Crippen LogP contribution in [-0.4, -0.2) is 59.6 Å². The lowest BCUT2D eigenvalue weighted by molar-refractivity contribution is -0.137. The molecule has 0 spiro atoms. The van der Waals surface area contributed by atoms with Crippen LogP contribution in [0, 0.1) is 0 Å². The molecule has 1 saturated heterocycles. The summed E-state index contributed by atoms with van der Waals surface area (Å²) in [5.41, 5.74) is 2.50. The fraction of sp³-hybridized carbons (Fsp3) is 0.286. The van der Waals surface area contributed by atoms with E-state index in [4.69, 9.17) is 9.47 Å². The summed E-state index contributed by atoms with van der Waals surface area (Å²) in [5, 5.41) is 2.84. The molecule has 9 nitrogen and oxygen atoms in total. The number of rotatable bonds is 6. The van der Waals surface area contributed by atoms with Gasteiger partial charge in [-0.2, -0.15) is 0 Å². The van der Waals surface area contributed by atoms with Crippen molar-refractivity contribution in [1.82, 2.24) is 20.2 Å². The summed E-state index contributed by atoms with van der Waals surface area (Å²) in [7, 11) is 0. The van der Waals surface area contributed by atoms with Crippen molar-refractivity contribution in [3.63, 3.8) is 0 Å². The molecule has 0 atom stereocenters. The summed E-state index contributed by atoms with van der Waals surface area (Å²) < 4.78 is 10.8. The number of benzene rings is 2. The Kier molecular flexibility index (Phi) is 5.80. The number of H-pyrrole nitrogens is 2. The van der Waals surface area contributed by atoms with Crippen molar-refractivity contribution in [2.75, 3.05) is 32.9 Å². The Balaban J connectivity index is 1.28. The Labute approximate surface area is 172 Å². The molecule has 1 aliphatic heterocycles. The van der Waals surface area contributed by atoms with Crippen LogP contribution in [0.3, 0.4) is 0 Å². The summed E-state index contributed by atoms with van der Waals surface area (Å²) in [6.45, 7) is 2.53. The molecule has 2 amide bonds. The van der Waals surface area contributed by atoms with E-state index in [9.17, 15) is 14.4 Å². The van der Waals surface area contributed by atoms with Crippen LogP contribution in [0.15, 0.2) is 47.3 Å². The van der Waals surface area contributed by atoms with Crippen molar-refractivity contribution in [1.29, 1.82) is 0 Å². The maximum atomic E-state index is 12.4. The Hall–Kier alpha value is -3.59. The van der Waals surface area contributed by atoms with Crippen LogP contribution in [0.4, 0.5) is 0 Å². The number of amides is 2. The molecule has 0 unspecified atom stereocenters. The molecule has 1 fully saturated rings. The van der Waals surface area contributed by atoms with Crippen molar-refractivity contribution in [2.45, 2.75) is 6.54 Å². The van der Waals surface area contributed by atoms with Crippen molar-refractivity contribution in [3.8, 4) is 5.75 Å². The van der Waals surface area contributed by atoms with E-state index in [-0.39, 0.29) is 24.1 Å². The zero-order valence-corrected chi connectivity index (χ0v) is 16.3. The quantitative estimate of drug-likeness (QED) is 0.561. The number of aromatic amines is 2. The number of carbonyl (C=O) groups is 2. The van der Waals surface area contributed by atoms with E-state index in [0.717, 1.165) is 11.1 Å². The fourth-order valence-corrected chi connectivity index (χ4v) is 3.23. The van der Waals surface area contributed by atoms with Crippen LogP contribution in [0.2, 0.25) is 0 Å². The first kappa shape index (κ1) is 19.7. The van der Waals surface area contributed by atoms with Gasteiger partial charge in [0.2, 0.25) is 0 Å². The molecular formula is C21H22N4O5. The monoisotopic (exact) mass is 410 g/mol. The number of hydrogen-bond donors (Lipinski definition) is 3. The van der Waals surface area contributed by atoms with Gasteiger partial charge in [0.05, 0.1) is 24.2 Å². The standard InChI is InChI=1S/C21H22N4O5/c26-19(25-7-9-29-10-8-25)13-30-16-4-2-15(3-5-16)20(27)22-12-14-1-6-17-18(11-14)24-21(28)23-17/h1-6,11H,7-10,12-13H2,(H,22,27)(H2,23,24,28). The molecule has 156 valence electrons. The smallest absolute Gasteiger partial charge is 0.323 e. The maximum absolute atomic E-state index is 12.4. The first-order valence-corrected chi connectivity index (χ1v) is 9.66. The van der Waals surface area contributed by atoms with E-state index in [1.165, 1.54) is 0 Å². The van der Waals surface area contributed by atoms with Crippen LogP contribution in [-0.2, 0) is 16.1 Å². The molecule has 3 aromatic rings. The van der Waals surface area contributed by atoms with Gasteiger partial charge in [-0.15, -0.1) is 0 Å². The van der Waals surface area contributed by atoms with Gasteiger partial charge in [0.15, 0.2) is 6.61 Å². The molecule has 2 aromatic carbocycles. The number of ether oxygens (including phenoxy) is 2. The van der Waals surface area contributed by atoms with Gasteiger partial charge < -0.3 is 29.7 Å². The minimum absolute atomic E-state index is 0.0464. The predicted octanol–water partition coefficient (Wildman–Crippen LogP) is 1.02. The summed E-state index contributed by atoms with van der Waals surface area (Å²) in [5.74, 6) is 0.212. The molecule has 3 N–H and O–H groups in total. The summed E-state index contributed by atoms with van der Waals surface area (Å²) in [6, 6.07) is 12.1. The van der Waals surface area contributed by atoms with Crippen LogP contribution >= 0.6 is 0 Å². The number of morpholine rings is 1. The topological polar surface area (TPSA) is 117 Å². The second-order valence-electron chi connectivity index (χ2n) is 6.95. The number of hydrogen-bond acceptors (Lipinski definition) is 5. The molecular weight excluding hydrogens is 388 g/mol. The summed E-state index contributed by atoms with van der Waals surface area (Å²) >= 11 is 0. The Bertz CT molecular complexity index is 1100. The lowest BCUT2D eigenvalue weighted by Crippen LogP contribution is -2.42. The van der Waals surface area contributed by atoms with Gasteiger partial charge in [0, 0.05) is 25.2 Å². The lowest BCUT2D eigenvalue weighted by atomic mass is 10.1. The van der Waals surface area contributed by atoms with Gasteiger partial charge >= 0.3 is 5.69 Å². The van der Waals surface area contributed by atoms with E-state index in [1.807, 2.05) is 12.1 Å². The normalized spacial score (nSPS) is 13.9. The Morgan fingerprint density at radius 2 is 1.77 bits per heavy atom. The molecule has 0 aliphatic carbocycles. The second-order valence-corrected chi connectivity index (χ2v) is 6.95. The second kappa shape index (κ2) is 8.83. The number of imidazole rings is 1. The van der Waals surface area contributed by atoms with Crippen molar-refractivity contribution >= 4 is 22.8 Å². The average molecular weight is 410 g/mol. The molecule has 1 aromatic heterocycles. The fourth-order valence-electron chi connectivity index (χ4n) is 3.23. The summed E-state index contributed by atoms with van der Waals surface area (Å²) in [4.78, 5) is 42.9. The van der Waals surface area contributed by atoms with E-state index in [0.29, 0.717) is 49.7 Å². The molecule has 9 heteroatoms. The first-order chi connectivity index (χ1) is 14.6. The molecule has 0 saturated carbocycles. The number of carbonyl (C=O) groups excluding carboxylic acids is 2. The SMILES string of the molecule is O=C(NCc1ccc2[nH]c(=O)[nH]c2c1)c1ccc(OCC(=O)N2CCOCC2)cc1. The molecule has 0 bridgehead atoms. The zero-order chi connectivity index (χ0) is 20.9. The van der Waals surface area contributed by atoms with Crippen molar-refractivity contribution < 1.29 is 19.1 Å². The number of nitrogens with zero attached hydrogens (tertiary/aromatic N) is 1. The number of nitrogens with one attached hydrogen (secondary N) is 3. The van der Waals surface area contributed by atoms with Gasteiger partial charge in [-0.05, 0) is 42.0 Å². The molecule has 2 heterocycles. The van der Waals surface area contributed by atoms with E-state index >= 15 is 0 Å². The van der Waals surface area contributed by atoms with Gasteiger partial charge in [-0.1, -0.05) is 6.07 Å². The highest BCUT2D eigenvalue weighted by molar-refractivity contribution is 5.94. The average Bonchev–Trinajstić information content (AvgIpc) is 3.16. The van der Waals surface area contributed by atoms with Crippen molar-refractivity contribution in [2.24, 2.45) is 0 Å². The van der Waals surface area contributed by atoms with Gasteiger partial charge in [0.1, 0.15) is 5.75 Å². The third-order valence-corrected chi connectivity index (χ3v) is 4.88. The van der Waals surface area contributed by atoms with Crippen LogP contribution in [0.5, 0.6) is 5.75 Å². The van der Waals surface area contributed by atoms with Crippen LogP contribution in [0.1, 0.15) is 15.9 Å². The van der Waals surface area contributed by atoms with E-state index in [1.54, 1.807) is 35.2 Å². The van der Waals surface area contributed by atoms with Crippen LogP contribution < -0.4 is 15.7 Å². The van der Waals surface area contributed by atoms with E-state index < -0.39 is 0 Å². The van der Waals surface area contributed by atoms with Gasteiger partial charge in [0.25, 0.3) is 11.8 Å².